The Balaban J connectivity index is 0.00000480. The molecule has 4 heteroatoms. The lowest BCUT2D eigenvalue weighted by molar-refractivity contribution is -1.10. The van der Waals surface area contributed by atoms with Gasteiger partial charge in [-0.2, -0.15) is 9.48 Å². The van der Waals surface area contributed by atoms with Crippen molar-refractivity contribution in [2.45, 2.75) is 65.3 Å². The van der Waals surface area contributed by atoms with Gasteiger partial charge in [0.1, 0.15) is 25.0 Å². The van der Waals surface area contributed by atoms with Crippen molar-refractivity contribution in [2.24, 2.45) is 5.92 Å². The Hall–Kier alpha value is -1.55. The Morgan fingerprint density at radius 3 is 2.13 bits per heavy atom. The Labute approximate surface area is 196 Å². The number of hydrogen-bond donors (Lipinski definition) is 0. The second-order valence-electron chi connectivity index (χ2n) is 9.03. The van der Waals surface area contributed by atoms with Crippen molar-refractivity contribution >= 4 is 0 Å². The normalized spacial score (nSPS) is 12.5. The van der Waals surface area contributed by atoms with Gasteiger partial charge >= 0.3 is 0 Å². The minimum Gasteiger partial charge on any atom is -1.00 e. The van der Waals surface area contributed by atoms with Crippen LogP contribution in [0.2, 0.25) is 0 Å². The van der Waals surface area contributed by atoms with Crippen LogP contribution in [0.4, 0.5) is 0 Å². The fourth-order valence-corrected chi connectivity index (χ4v) is 4.09. The summed E-state index contributed by atoms with van der Waals surface area (Å²) in [4.78, 5) is 6.38. The van der Waals surface area contributed by atoms with Gasteiger partial charge in [0.15, 0.2) is 0 Å². The van der Waals surface area contributed by atoms with Crippen LogP contribution in [0.25, 0.3) is 0 Å². The van der Waals surface area contributed by atoms with Crippen LogP contribution in [-0.4, -0.2) is 32.0 Å². The van der Waals surface area contributed by atoms with Crippen LogP contribution in [0.5, 0.6) is 5.75 Å². The number of hydrogen-bond acceptors (Lipinski definition) is 2. The van der Waals surface area contributed by atoms with Gasteiger partial charge in [-0.25, -0.2) is 0 Å². The highest BCUT2D eigenvalue weighted by Crippen LogP contribution is 2.33. The maximum Gasteiger partial charge on any atom is 0.144 e. The molecular formula is C27H42ClNO2. The molecule has 0 N–H and O–H groups in total. The van der Waals surface area contributed by atoms with Crippen molar-refractivity contribution in [1.29, 1.82) is 0 Å². The number of ether oxygens (including phenoxy) is 1. The van der Waals surface area contributed by atoms with E-state index in [0.29, 0.717) is 23.9 Å². The van der Waals surface area contributed by atoms with Crippen molar-refractivity contribution in [3.63, 3.8) is 0 Å². The highest BCUT2D eigenvalue weighted by molar-refractivity contribution is 5.29. The molecule has 0 aliphatic heterocycles. The predicted molar refractivity (Wildman–Crippen MR) is 126 cm³/mol. The Morgan fingerprint density at radius 2 is 1.45 bits per heavy atom. The van der Waals surface area contributed by atoms with Crippen LogP contribution in [0.15, 0.2) is 54.6 Å². The Kier molecular flexibility index (Phi) is 12.9. The van der Waals surface area contributed by atoms with Crippen LogP contribution >= 0.6 is 0 Å². The van der Waals surface area contributed by atoms with E-state index in [0.717, 1.165) is 24.5 Å². The second-order valence-corrected chi connectivity index (χ2v) is 9.03. The molecule has 0 saturated carbocycles. The molecule has 2 rings (SSSR count). The average molecular weight is 448 g/mol. The Bertz CT molecular complexity index is 718. The molecule has 0 aliphatic carbocycles. The fraction of sp³-hybridized carbons (Fsp3) is 0.556. The number of rotatable bonds is 14. The molecule has 2 aromatic rings. The summed E-state index contributed by atoms with van der Waals surface area (Å²) in [5.41, 5.74) is 2.86. The van der Waals surface area contributed by atoms with E-state index in [9.17, 15) is 0 Å². The number of quaternary nitrogens is 1. The molecule has 1 atom stereocenters. The zero-order chi connectivity index (χ0) is 21.8. The third kappa shape index (κ3) is 9.64. The molecule has 0 spiro atoms. The lowest BCUT2D eigenvalue weighted by Gasteiger charge is -2.36. The first-order valence-corrected chi connectivity index (χ1v) is 11.7. The predicted octanol–water partition coefficient (Wildman–Crippen LogP) is 3.99. The topological polar surface area (TPSA) is 18.5 Å². The standard InChI is InChI=1S/C27H42NO2.ClH/c1-6-24-16-13-14-19-26(24)27(20-12-7-9-15-23(2)3)28(4,5)30-22-21-29-25-17-10-8-11-18-25;/h8,10-11,13-14,16-19,23,27H,6-7,9,12,15,20-22H2,1-5H3;1H/q+1;/p-1. The molecule has 0 heterocycles. The molecule has 1 unspecified atom stereocenters. The third-order valence-electron chi connectivity index (χ3n) is 5.82. The summed E-state index contributed by atoms with van der Waals surface area (Å²) in [7, 11) is 4.38. The number of unbranched alkanes of at least 4 members (excludes halogenated alkanes) is 2. The average Bonchev–Trinajstić information content (AvgIpc) is 2.74. The summed E-state index contributed by atoms with van der Waals surface area (Å²) in [5, 5.41) is 0. The van der Waals surface area contributed by atoms with Crippen LogP contribution in [0, 0.1) is 5.92 Å². The SMILES string of the molecule is CCc1ccccc1C(CCCCCC(C)C)[N+](C)(C)OCCOc1ccccc1.[Cl-]. The van der Waals surface area contributed by atoms with E-state index in [1.807, 2.05) is 30.3 Å². The van der Waals surface area contributed by atoms with Gasteiger partial charge in [-0.3, -0.25) is 0 Å². The molecule has 0 aromatic heterocycles. The maximum absolute atomic E-state index is 6.38. The van der Waals surface area contributed by atoms with Gasteiger partial charge in [0.2, 0.25) is 0 Å². The zero-order valence-corrected chi connectivity index (χ0v) is 20.9. The first-order chi connectivity index (χ1) is 14.4. The van der Waals surface area contributed by atoms with Gasteiger partial charge in [-0.05, 0) is 36.5 Å². The van der Waals surface area contributed by atoms with Crippen LogP contribution in [0.1, 0.15) is 70.0 Å². The highest BCUT2D eigenvalue weighted by atomic mass is 35.5. The van der Waals surface area contributed by atoms with Gasteiger partial charge in [-0.1, -0.05) is 82.5 Å². The number of para-hydroxylation sites is 1. The van der Waals surface area contributed by atoms with E-state index in [4.69, 9.17) is 9.57 Å². The van der Waals surface area contributed by atoms with E-state index in [1.54, 1.807) is 0 Å². The lowest BCUT2D eigenvalue weighted by atomic mass is 9.93. The number of nitrogens with zero attached hydrogens (tertiary/aromatic N) is 1. The molecule has 0 amide bonds. The van der Waals surface area contributed by atoms with Gasteiger partial charge in [-0.15, -0.1) is 0 Å². The van der Waals surface area contributed by atoms with Crippen LogP contribution in [-0.2, 0) is 11.3 Å². The van der Waals surface area contributed by atoms with E-state index >= 15 is 0 Å². The molecule has 3 nitrogen and oxygen atoms in total. The van der Waals surface area contributed by atoms with Crippen LogP contribution < -0.4 is 17.1 Å². The van der Waals surface area contributed by atoms with Gasteiger partial charge < -0.3 is 17.1 Å². The van der Waals surface area contributed by atoms with E-state index < -0.39 is 0 Å². The molecule has 0 bridgehead atoms. The largest absolute Gasteiger partial charge is 1.00 e. The third-order valence-corrected chi connectivity index (χ3v) is 5.82. The highest BCUT2D eigenvalue weighted by Gasteiger charge is 2.33. The summed E-state index contributed by atoms with van der Waals surface area (Å²) >= 11 is 0. The van der Waals surface area contributed by atoms with E-state index in [2.05, 4.69) is 59.1 Å². The van der Waals surface area contributed by atoms with Crippen molar-refractivity contribution < 1.29 is 26.6 Å². The molecule has 0 fully saturated rings. The summed E-state index contributed by atoms with van der Waals surface area (Å²) in [5.74, 6) is 1.69. The van der Waals surface area contributed by atoms with Crippen molar-refractivity contribution in [2.75, 3.05) is 27.3 Å². The molecule has 174 valence electrons. The van der Waals surface area contributed by atoms with Crippen molar-refractivity contribution in [3.8, 4) is 5.75 Å². The number of benzene rings is 2. The lowest BCUT2D eigenvalue weighted by Crippen LogP contribution is -3.00. The summed E-state index contributed by atoms with van der Waals surface area (Å²) in [6, 6.07) is 19.2. The quantitative estimate of drug-likeness (QED) is 0.247. The van der Waals surface area contributed by atoms with E-state index in [-0.39, 0.29) is 12.4 Å². The fourth-order valence-electron chi connectivity index (χ4n) is 4.09. The van der Waals surface area contributed by atoms with Gasteiger partial charge in [0.25, 0.3) is 0 Å². The van der Waals surface area contributed by atoms with Crippen molar-refractivity contribution in [3.05, 3.63) is 65.7 Å². The zero-order valence-electron chi connectivity index (χ0n) is 20.1. The number of halogens is 1. The molecular weight excluding hydrogens is 406 g/mol. The molecule has 2 aromatic carbocycles. The number of aryl methyl sites for hydroxylation is 1. The second kappa shape index (κ2) is 14.5. The van der Waals surface area contributed by atoms with Crippen molar-refractivity contribution in [1.82, 2.24) is 0 Å². The van der Waals surface area contributed by atoms with Crippen LogP contribution in [0.3, 0.4) is 0 Å². The summed E-state index contributed by atoms with van der Waals surface area (Å²) in [6.45, 7) is 7.99. The minimum atomic E-state index is 0. The smallest absolute Gasteiger partial charge is 0.144 e. The summed E-state index contributed by atoms with van der Waals surface area (Å²) in [6.07, 6.45) is 7.36. The molecule has 0 radical (unpaired) electrons. The molecule has 31 heavy (non-hydrogen) atoms. The first kappa shape index (κ1) is 27.5. The minimum absolute atomic E-state index is 0. The maximum atomic E-state index is 6.38. The molecule has 0 saturated heterocycles. The van der Waals surface area contributed by atoms with E-state index in [1.165, 1.54) is 36.8 Å². The monoisotopic (exact) mass is 447 g/mol. The van der Waals surface area contributed by atoms with Gasteiger partial charge in [0.05, 0.1) is 14.1 Å². The summed E-state index contributed by atoms with van der Waals surface area (Å²) < 4.78 is 6.36. The molecule has 0 aliphatic rings. The Morgan fingerprint density at radius 1 is 0.806 bits per heavy atom. The first-order valence-electron chi connectivity index (χ1n) is 11.7. The van der Waals surface area contributed by atoms with Gasteiger partial charge in [0, 0.05) is 12.0 Å². The number of hydroxylamine groups is 3.